The largest absolute Gasteiger partial charge is 0.378 e. The number of hydrogen-bond donors (Lipinski definition) is 2. The van der Waals surface area contributed by atoms with Gasteiger partial charge in [0.1, 0.15) is 0 Å². The standard InChI is InChI=1S/C18H32N2O3/c21-18(20-16-13-15-9-10-17(16)23-15)19-11-5-6-12-22-14-7-3-1-2-4-8-14/h14-17H,1-13H2,(H2,19,20,21). The van der Waals surface area contributed by atoms with Gasteiger partial charge in [-0.2, -0.15) is 0 Å². The Morgan fingerprint density at radius 1 is 1.04 bits per heavy atom. The Balaban J connectivity index is 1.18. The lowest BCUT2D eigenvalue weighted by Gasteiger charge is -2.20. The summed E-state index contributed by atoms with van der Waals surface area (Å²) >= 11 is 0. The molecule has 5 nitrogen and oxygen atoms in total. The summed E-state index contributed by atoms with van der Waals surface area (Å²) in [6, 6.07) is 0.170. The molecule has 1 aliphatic carbocycles. The second kappa shape index (κ2) is 8.88. The third-order valence-electron chi connectivity index (χ3n) is 5.43. The van der Waals surface area contributed by atoms with Crippen LogP contribution >= 0.6 is 0 Å². The summed E-state index contributed by atoms with van der Waals surface area (Å²) in [6.07, 6.45) is 14.2. The maximum absolute atomic E-state index is 11.9. The van der Waals surface area contributed by atoms with Gasteiger partial charge in [0.25, 0.3) is 0 Å². The van der Waals surface area contributed by atoms with Crippen LogP contribution in [0.5, 0.6) is 0 Å². The normalized spacial score (nSPS) is 31.0. The fourth-order valence-corrected chi connectivity index (χ4v) is 4.10. The Labute approximate surface area is 139 Å². The van der Waals surface area contributed by atoms with Crippen LogP contribution in [0.25, 0.3) is 0 Å². The van der Waals surface area contributed by atoms with E-state index in [0.29, 0.717) is 12.2 Å². The Kier molecular flexibility index (Phi) is 6.57. The van der Waals surface area contributed by atoms with Gasteiger partial charge in [0.15, 0.2) is 0 Å². The predicted molar refractivity (Wildman–Crippen MR) is 89.5 cm³/mol. The van der Waals surface area contributed by atoms with Crippen molar-refractivity contribution in [2.24, 2.45) is 0 Å². The fourth-order valence-electron chi connectivity index (χ4n) is 4.10. The van der Waals surface area contributed by atoms with Gasteiger partial charge in [0.2, 0.25) is 0 Å². The first kappa shape index (κ1) is 17.0. The number of ether oxygens (including phenoxy) is 2. The topological polar surface area (TPSA) is 59.6 Å². The van der Waals surface area contributed by atoms with Crippen LogP contribution in [0, 0.1) is 0 Å². The summed E-state index contributed by atoms with van der Waals surface area (Å²) in [5.74, 6) is 0. The third kappa shape index (κ3) is 5.35. The zero-order chi connectivity index (χ0) is 15.9. The number of urea groups is 1. The molecule has 2 amide bonds. The molecule has 3 rings (SSSR count). The minimum absolute atomic E-state index is 0.0455. The smallest absolute Gasteiger partial charge is 0.315 e. The van der Waals surface area contributed by atoms with Crippen LogP contribution in [0.4, 0.5) is 4.79 Å². The number of hydrogen-bond acceptors (Lipinski definition) is 3. The second-order valence-corrected chi connectivity index (χ2v) is 7.31. The zero-order valence-corrected chi connectivity index (χ0v) is 14.2. The molecule has 0 spiro atoms. The number of fused-ring (bicyclic) bond motifs is 2. The van der Waals surface area contributed by atoms with Crippen LogP contribution < -0.4 is 10.6 Å². The number of carbonyl (C=O) groups is 1. The SMILES string of the molecule is O=C(NCCCCOC1CCCCCC1)NC1CC2CCC1O2. The summed E-state index contributed by atoms with van der Waals surface area (Å²) in [6.45, 7) is 1.55. The van der Waals surface area contributed by atoms with E-state index in [-0.39, 0.29) is 18.2 Å². The van der Waals surface area contributed by atoms with Crippen molar-refractivity contribution in [3.8, 4) is 0 Å². The van der Waals surface area contributed by atoms with Crippen molar-refractivity contribution >= 4 is 6.03 Å². The summed E-state index contributed by atoms with van der Waals surface area (Å²) in [5, 5.41) is 6.01. The third-order valence-corrected chi connectivity index (χ3v) is 5.43. The lowest BCUT2D eigenvalue weighted by Crippen LogP contribution is -2.46. The Morgan fingerprint density at radius 2 is 1.87 bits per heavy atom. The van der Waals surface area contributed by atoms with Gasteiger partial charge < -0.3 is 20.1 Å². The highest BCUT2D eigenvalue weighted by Gasteiger charge is 2.41. The van der Waals surface area contributed by atoms with Crippen molar-refractivity contribution in [3.63, 3.8) is 0 Å². The lowest BCUT2D eigenvalue weighted by molar-refractivity contribution is 0.0411. The lowest BCUT2D eigenvalue weighted by atomic mass is 9.96. The van der Waals surface area contributed by atoms with E-state index in [4.69, 9.17) is 9.47 Å². The number of rotatable bonds is 7. The van der Waals surface area contributed by atoms with Gasteiger partial charge in [-0.1, -0.05) is 25.7 Å². The van der Waals surface area contributed by atoms with E-state index in [1.54, 1.807) is 0 Å². The van der Waals surface area contributed by atoms with E-state index in [9.17, 15) is 4.79 Å². The molecule has 2 bridgehead atoms. The first-order valence-corrected chi connectivity index (χ1v) is 9.62. The van der Waals surface area contributed by atoms with Gasteiger partial charge in [-0.05, 0) is 44.9 Å². The minimum atomic E-state index is -0.0455. The van der Waals surface area contributed by atoms with Crippen molar-refractivity contribution in [1.29, 1.82) is 0 Å². The summed E-state index contributed by atoms with van der Waals surface area (Å²) in [7, 11) is 0. The van der Waals surface area contributed by atoms with Crippen molar-refractivity contribution in [3.05, 3.63) is 0 Å². The molecule has 3 aliphatic rings. The molecular weight excluding hydrogens is 292 g/mol. The molecule has 23 heavy (non-hydrogen) atoms. The molecule has 3 unspecified atom stereocenters. The molecule has 0 aromatic carbocycles. The van der Waals surface area contributed by atoms with Crippen molar-refractivity contribution < 1.29 is 14.3 Å². The fraction of sp³-hybridized carbons (Fsp3) is 0.944. The monoisotopic (exact) mass is 324 g/mol. The second-order valence-electron chi connectivity index (χ2n) is 7.31. The van der Waals surface area contributed by atoms with E-state index in [2.05, 4.69) is 10.6 Å². The maximum atomic E-state index is 11.9. The average Bonchev–Trinajstić information content (AvgIpc) is 3.06. The van der Waals surface area contributed by atoms with Crippen molar-refractivity contribution in [2.75, 3.05) is 13.2 Å². The zero-order valence-electron chi connectivity index (χ0n) is 14.2. The molecule has 2 aliphatic heterocycles. The number of unbranched alkanes of at least 4 members (excludes halogenated alkanes) is 1. The van der Waals surface area contributed by atoms with E-state index in [1.165, 1.54) is 38.5 Å². The summed E-state index contributed by atoms with van der Waals surface area (Å²) < 4.78 is 11.7. The molecule has 0 aromatic heterocycles. The van der Waals surface area contributed by atoms with Crippen LogP contribution in [0.15, 0.2) is 0 Å². The number of amides is 2. The molecule has 5 heteroatoms. The Morgan fingerprint density at radius 3 is 2.57 bits per heavy atom. The maximum Gasteiger partial charge on any atom is 0.315 e. The highest BCUT2D eigenvalue weighted by atomic mass is 16.5. The number of nitrogens with one attached hydrogen (secondary N) is 2. The molecule has 132 valence electrons. The average molecular weight is 324 g/mol. The number of carbonyl (C=O) groups excluding carboxylic acids is 1. The minimum Gasteiger partial charge on any atom is -0.378 e. The molecule has 2 N–H and O–H groups in total. The molecule has 3 fully saturated rings. The van der Waals surface area contributed by atoms with E-state index >= 15 is 0 Å². The van der Waals surface area contributed by atoms with Crippen molar-refractivity contribution in [1.82, 2.24) is 10.6 Å². The highest BCUT2D eigenvalue weighted by Crippen LogP contribution is 2.34. The van der Waals surface area contributed by atoms with Gasteiger partial charge >= 0.3 is 6.03 Å². The van der Waals surface area contributed by atoms with Gasteiger partial charge in [0, 0.05) is 13.2 Å². The highest BCUT2D eigenvalue weighted by molar-refractivity contribution is 5.74. The van der Waals surface area contributed by atoms with E-state index in [1.807, 2.05) is 0 Å². The van der Waals surface area contributed by atoms with E-state index < -0.39 is 0 Å². The van der Waals surface area contributed by atoms with Crippen LogP contribution in [0.2, 0.25) is 0 Å². The molecule has 2 saturated heterocycles. The molecular formula is C18H32N2O3. The Hall–Kier alpha value is -0.810. The van der Waals surface area contributed by atoms with Gasteiger partial charge in [-0.3, -0.25) is 0 Å². The van der Waals surface area contributed by atoms with Gasteiger partial charge in [0.05, 0.1) is 24.4 Å². The van der Waals surface area contributed by atoms with Crippen molar-refractivity contribution in [2.45, 2.75) is 95.0 Å². The van der Waals surface area contributed by atoms with Crippen LogP contribution in [0.3, 0.4) is 0 Å². The first-order chi connectivity index (χ1) is 11.3. The van der Waals surface area contributed by atoms with Crippen LogP contribution in [-0.4, -0.2) is 43.5 Å². The van der Waals surface area contributed by atoms with Gasteiger partial charge in [-0.25, -0.2) is 4.79 Å². The molecule has 3 atom stereocenters. The Bertz CT molecular complexity index is 369. The van der Waals surface area contributed by atoms with Gasteiger partial charge in [-0.15, -0.1) is 0 Å². The van der Waals surface area contributed by atoms with Crippen LogP contribution in [0.1, 0.15) is 70.6 Å². The predicted octanol–water partition coefficient (Wildman–Crippen LogP) is 3.13. The molecule has 0 aromatic rings. The first-order valence-electron chi connectivity index (χ1n) is 9.62. The molecule has 0 radical (unpaired) electrons. The molecule has 2 heterocycles. The molecule has 1 saturated carbocycles. The van der Waals surface area contributed by atoms with Crippen LogP contribution in [-0.2, 0) is 9.47 Å². The summed E-state index contributed by atoms with van der Waals surface area (Å²) in [5.41, 5.74) is 0. The van der Waals surface area contributed by atoms with E-state index in [0.717, 1.165) is 45.3 Å². The quantitative estimate of drug-likeness (QED) is 0.559. The summed E-state index contributed by atoms with van der Waals surface area (Å²) in [4.78, 5) is 11.9.